The zero-order valence-corrected chi connectivity index (χ0v) is 14.2. The lowest BCUT2D eigenvalue weighted by Crippen LogP contribution is -2.31. The number of carbonyl (C=O) groups excluding carboxylic acids is 2. The third-order valence-electron chi connectivity index (χ3n) is 3.52. The number of para-hydroxylation sites is 2. The molecule has 24 heavy (non-hydrogen) atoms. The summed E-state index contributed by atoms with van der Waals surface area (Å²) in [4.78, 5) is 25.0. The summed E-state index contributed by atoms with van der Waals surface area (Å²) < 4.78 is 5.57. The summed E-state index contributed by atoms with van der Waals surface area (Å²) in [5.41, 5.74) is 2.81. The molecule has 0 unspecified atom stereocenters. The van der Waals surface area contributed by atoms with Gasteiger partial charge in [-0.2, -0.15) is 0 Å². The predicted molar refractivity (Wildman–Crippen MR) is 93.9 cm³/mol. The number of aryl methyl sites for hydroxylation is 1. The average Bonchev–Trinajstić information content (AvgIpc) is 2.55. The van der Waals surface area contributed by atoms with Gasteiger partial charge in [0.2, 0.25) is 5.91 Å². The van der Waals surface area contributed by atoms with E-state index in [-0.39, 0.29) is 18.4 Å². The van der Waals surface area contributed by atoms with Gasteiger partial charge in [0.15, 0.2) is 6.61 Å². The Balaban J connectivity index is 1.93. The molecule has 0 atom stereocenters. The Morgan fingerprint density at radius 2 is 1.75 bits per heavy atom. The fourth-order valence-electron chi connectivity index (χ4n) is 2.19. The molecule has 2 amide bonds. The third kappa shape index (κ3) is 5.12. The van der Waals surface area contributed by atoms with Crippen LogP contribution in [0.4, 0.5) is 5.69 Å². The summed E-state index contributed by atoms with van der Waals surface area (Å²) in [6.45, 7) is 3.89. The minimum absolute atomic E-state index is 0.0844. The van der Waals surface area contributed by atoms with Crippen LogP contribution in [0, 0.1) is 6.92 Å². The van der Waals surface area contributed by atoms with Gasteiger partial charge in [0.25, 0.3) is 5.91 Å². The van der Waals surface area contributed by atoms with Gasteiger partial charge in [-0.15, -0.1) is 0 Å². The van der Waals surface area contributed by atoms with Gasteiger partial charge in [-0.05, 0) is 24.6 Å². The number of carbonyl (C=O) groups is 2. The molecule has 2 aromatic rings. The van der Waals surface area contributed by atoms with E-state index in [0.29, 0.717) is 18.0 Å². The van der Waals surface area contributed by atoms with Crippen molar-refractivity contribution in [2.75, 3.05) is 19.0 Å². The van der Waals surface area contributed by atoms with Crippen molar-refractivity contribution in [1.82, 2.24) is 4.90 Å². The molecule has 0 aliphatic carbocycles. The number of nitrogens with one attached hydrogen (secondary N) is 1. The van der Waals surface area contributed by atoms with Gasteiger partial charge < -0.3 is 15.0 Å². The molecular weight excluding hydrogens is 304 g/mol. The lowest BCUT2D eigenvalue weighted by Gasteiger charge is -2.18. The summed E-state index contributed by atoms with van der Waals surface area (Å²) in [5, 5.41) is 2.68. The van der Waals surface area contributed by atoms with Crippen molar-refractivity contribution < 1.29 is 14.3 Å². The van der Waals surface area contributed by atoms with Gasteiger partial charge >= 0.3 is 0 Å². The first-order chi connectivity index (χ1) is 11.5. The molecule has 1 N–H and O–H groups in total. The maximum absolute atomic E-state index is 12.2. The van der Waals surface area contributed by atoms with E-state index in [1.165, 1.54) is 12.5 Å². The Hall–Kier alpha value is -2.82. The number of likely N-dealkylation sites (N-methyl/N-ethyl adjacent to an activating group) is 1. The van der Waals surface area contributed by atoms with Crippen LogP contribution in [-0.4, -0.2) is 30.4 Å². The molecule has 0 heterocycles. The maximum atomic E-state index is 12.2. The minimum atomic E-state index is -0.186. The average molecular weight is 326 g/mol. The second kappa shape index (κ2) is 8.15. The minimum Gasteiger partial charge on any atom is -0.482 e. The molecule has 0 aliphatic heterocycles. The van der Waals surface area contributed by atoms with Crippen LogP contribution in [0.25, 0.3) is 0 Å². The highest BCUT2D eigenvalue weighted by Crippen LogP contribution is 2.23. The van der Waals surface area contributed by atoms with Crippen molar-refractivity contribution in [3.8, 4) is 5.75 Å². The van der Waals surface area contributed by atoms with Crippen LogP contribution < -0.4 is 10.1 Å². The molecule has 2 aromatic carbocycles. The normalized spacial score (nSPS) is 10.1. The fraction of sp³-hybridized carbons (Fsp3) is 0.263. The molecule has 0 saturated carbocycles. The largest absolute Gasteiger partial charge is 0.482 e. The van der Waals surface area contributed by atoms with E-state index in [0.717, 1.165) is 5.56 Å². The molecule has 0 radical (unpaired) electrons. The molecule has 0 aromatic heterocycles. The quantitative estimate of drug-likeness (QED) is 0.888. The number of rotatable bonds is 6. The highest BCUT2D eigenvalue weighted by Gasteiger charge is 2.12. The number of hydrogen-bond acceptors (Lipinski definition) is 3. The molecule has 0 aliphatic rings. The zero-order chi connectivity index (χ0) is 17.5. The summed E-state index contributed by atoms with van der Waals surface area (Å²) >= 11 is 0. The van der Waals surface area contributed by atoms with E-state index in [1.807, 2.05) is 31.2 Å². The Labute approximate surface area is 142 Å². The maximum Gasteiger partial charge on any atom is 0.260 e. The fourth-order valence-corrected chi connectivity index (χ4v) is 2.19. The summed E-state index contributed by atoms with van der Waals surface area (Å²) in [5.74, 6) is 0.159. The van der Waals surface area contributed by atoms with Crippen LogP contribution in [0.1, 0.15) is 18.1 Å². The number of anilines is 1. The molecule has 5 heteroatoms. The van der Waals surface area contributed by atoms with Crippen molar-refractivity contribution in [3.63, 3.8) is 0 Å². The number of nitrogens with zero attached hydrogens (tertiary/aromatic N) is 1. The van der Waals surface area contributed by atoms with E-state index in [1.54, 1.807) is 36.2 Å². The molecule has 0 fully saturated rings. The Bertz CT molecular complexity index is 711. The van der Waals surface area contributed by atoms with Crippen LogP contribution >= 0.6 is 0 Å². The first kappa shape index (κ1) is 17.5. The van der Waals surface area contributed by atoms with Crippen molar-refractivity contribution in [1.29, 1.82) is 0 Å². The lowest BCUT2D eigenvalue weighted by atomic mass is 10.1. The SMILES string of the molecule is CC(=O)Nc1ccccc1OCC(=O)N(C)Cc1ccc(C)cc1. The van der Waals surface area contributed by atoms with E-state index in [2.05, 4.69) is 5.32 Å². The van der Waals surface area contributed by atoms with E-state index in [9.17, 15) is 9.59 Å². The summed E-state index contributed by atoms with van der Waals surface area (Å²) in [7, 11) is 1.74. The Morgan fingerprint density at radius 3 is 2.42 bits per heavy atom. The smallest absolute Gasteiger partial charge is 0.260 e. The van der Waals surface area contributed by atoms with Crippen molar-refractivity contribution in [3.05, 3.63) is 59.7 Å². The first-order valence-corrected chi connectivity index (χ1v) is 7.74. The van der Waals surface area contributed by atoms with E-state index in [4.69, 9.17) is 4.74 Å². The Morgan fingerprint density at radius 1 is 1.08 bits per heavy atom. The second-order valence-electron chi connectivity index (χ2n) is 5.70. The third-order valence-corrected chi connectivity index (χ3v) is 3.52. The van der Waals surface area contributed by atoms with Crippen LogP contribution in [0.2, 0.25) is 0 Å². The topological polar surface area (TPSA) is 58.6 Å². The molecule has 126 valence electrons. The van der Waals surface area contributed by atoms with Gasteiger partial charge in [-0.25, -0.2) is 0 Å². The Kier molecular flexibility index (Phi) is 5.95. The van der Waals surface area contributed by atoms with Gasteiger partial charge in [0.05, 0.1) is 5.69 Å². The van der Waals surface area contributed by atoms with Crippen LogP contribution in [-0.2, 0) is 16.1 Å². The van der Waals surface area contributed by atoms with Crippen molar-refractivity contribution in [2.45, 2.75) is 20.4 Å². The number of hydrogen-bond donors (Lipinski definition) is 1. The van der Waals surface area contributed by atoms with E-state index < -0.39 is 0 Å². The van der Waals surface area contributed by atoms with E-state index >= 15 is 0 Å². The predicted octanol–water partition coefficient (Wildman–Crippen LogP) is 2.99. The highest BCUT2D eigenvalue weighted by atomic mass is 16.5. The molecule has 0 bridgehead atoms. The summed E-state index contributed by atoms with van der Waals surface area (Å²) in [6.07, 6.45) is 0. The van der Waals surface area contributed by atoms with Crippen molar-refractivity contribution in [2.24, 2.45) is 0 Å². The van der Waals surface area contributed by atoms with Crippen molar-refractivity contribution >= 4 is 17.5 Å². The standard InChI is InChI=1S/C19H22N2O3/c1-14-8-10-16(11-9-14)12-21(3)19(23)13-24-18-7-5-4-6-17(18)20-15(2)22/h4-11H,12-13H2,1-3H3,(H,20,22). The molecule has 0 spiro atoms. The molecular formula is C19H22N2O3. The zero-order valence-electron chi connectivity index (χ0n) is 14.2. The van der Waals surface area contributed by atoms with Gasteiger partial charge in [0, 0.05) is 20.5 Å². The van der Waals surface area contributed by atoms with Gasteiger partial charge in [0.1, 0.15) is 5.75 Å². The van der Waals surface area contributed by atoms with Gasteiger partial charge in [-0.1, -0.05) is 42.0 Å². The lowest BCUT2D eigenvalue weighted by molar-refractivity contribution is -0.132. The van der Waals surface area contributed by atoms with Crippen LogP contribution in [0.5, 0.6) is 5.75 Å². The highest BCUT2D eigenvalue weighted by molar-refractivity contribution is 5.90. The second-order valence-corrected chi connectivity index (χ2v) is 5.70. The molecule has 5 nitrogen and oxygen atoms in total. The first-order valence-electron chi connectivity index (χ1n) is 7.74. The monoisotopic (exact) mass is 326 g/mol. The molecule has 0 saturated heterocycles. The van der Waals surface area contributed by atoms with Crippen LogP contribution in [0.15, 0.2) is 48.5 Å². The summed E-state index contributed by atoms with van der Waals surface area (Å²) in [6, 6.07) is 15.1. The molecule has 2 rings (SSSR count). The number of ether oxygens (including phenoxy) is 1. The number of benzene rings is 2. The number of amides is 2. The van der Waals surface area contributed by atoms with Crippen LogP contribution in [0.3, 0.4) is 0 Å². The van der Waals surface area contributed by atoms with Gasteiger partial charge in [-0.3, -0.25) is 9.59 Å².